The maximum atomic E-state index is 12.3. The van der Waals surface area contributed by atoms with Gasteiger partial charge in [0.15, 0.2) is 6.10 Å². The first-order valence-electron chi connectivity index (χ1n) is 9.73. The lowest BCUT2D eigenvalue weighted by Gasteiger charge is -2.19. The Bertz CT molecular complexity index is 736. The van der Waals surface area contributed by atoms with E-state index in [2.05, 4.69) is 48.6 Å². The van der Waals surface area contributed by atoms with Gasteiger partial charge in [0, 0.05) is 6.54 Å². The topological polar surface area (TPSA) is 38.3 Å². The molecule has 0 bridgehead atoms. The highest BCUT2D eigenvalue weighted by atomic mass is 16.5. The Morgan fingerprint density at radius 2 is 1.81 bits per heavy atom. The summed E-state index contributed by atoms with van der Waals surface area (Å²) < 4.78 is 5.86. The molecule has 1 N–H and O–H groups in total. The Balaban J connectivity index is 1.42. The molecule has 3 rings (SSSR count). The molecule has 2 aromatic carbocycles. The van der Waals surface area contributed by atoms with Crippen LogP contribution < -0.4 is 10.1 Å². The fourth-order valence-electron chi connectivity index (χ4n) is 3.44. The highest BCUT2D eigenvalue weighted by Crippen LogP contribution is 2.25. The van der Waals surface area contributed by atoms with Crippen LogP contribution in [0.2, 0.25) is 0 Å². The van der Waals surface area contributed by atoms with Crippen LogP contribution in [0.4, 0.5) is 0 Å². The van der Waals surface area contributed by atoms with Crippen molar-refractivity contribution in [3.8, 4) is 5.75 Å². The molecule has 1 aliphatic rings. The van der Waals surface area contributed by atoms with Gasteiger partial charge in [-0.2, -0.15) is 0 Å². The number of ether oxygens (including phenoxy) is 1. The van der Waals surface area contributed by atoms with Crippen LogP contribution in [-0.4, -0.2) is 18.6 Å². The zero-order valence-electron chi connectivity index (χ0n) is 15.9. The molecule has 1 aliphatic carbocycles. The number of hydrogen-bond acceptors (Lipinski definition) is 2. The molecule has 0 unspecified atom stereocenters. The summed E-state index contributed by atoms with van der Waals surface area (Å²) in [5.41, 5.74) is 5.38. The molecule has 1 amide bonds. The molecule has 1 atom stereocenters. The second-order valence-corrected chi connectivity index (χ2v) is 7.28. The Morgan fingerprint density at radius 1 is 1.08 bits per heavy atom. The van der Waals surface area contributed by atoms with Gasteiger partial charge in [0.05, 0.1) is 0 Å². The first-order valence-corrected chi connectivity index (χ1v) is 9.73. The van der Waals surface area contributed by atoms with E-state index in [9.17, 15) is 4.79 Å². The maximum Gasteiger partial charge on any atom is 0.260 e. The molecule has 0 spiro atoms. The number of fused-ring (bicyclic) bond motifs is 1. The number of amides is 1. The quantitative estimate of drug-likeness (QED) is 0.751. The predicted molar refractivity (Wildman–Crippen MR) is 106 cm³/mol. The van der Waals surface area contributed by atoms with Gasteiger partial charge in [-0.25, -0.2) is 0 Å². The number of carbonyl (C=O) groups is 1. The third-order valence-electron chi connectivity index (χ3n) is 5.06. The molecule has 0 radical (unpaired) electrons. The van der Waals surface area contributed by atoms with E-state index >= 15 is 0 Å². The molecule has 0 heterocycles. The van der Waals surface area contributed by atoms with Crippen molar-refractivity contribution >= 4 is 5.91 Å². The van der Waals surface area contributed by atoms with Crippen molar-refractivity contribution in [2.75, 3.05) is 6.54 Å². The minimum Gasteiger partial charge on any atom is -0.481 e. The van der Waals surface area contributed by atoms with Crippen LogP contribution >= 0.6 is 0 Å². The van der Waals surface area contributed by atoms with Gasteiger partial charge in [0.2, 0.25) is 0 Å². The smallest absolute Gasteiger partial charge is 0.260 e. The van der Waals surface area contributed by atoms with Crippen molar-refractivity contribution in [2.24, 2.45) is 0 Å². The van der Waals surface area contributed by atoms with E-state index in [4.69, 9.17) is 4.74 Å². The number of nitrogens with one attached hydrogen (secondary N) is 1. The van der Waals surface area contributed by atoms with E-state index in [0.29, 0.717) is 6.54 Å². The van der Waals surface area contributed by atoms with E-state index < -0.39 is 6.10 Å². The van der Waals surface area contributed by atoms with Crippen LogP contribution in [0.25, 0.3) is 0 Å². The Kier molecular flexibility index (Phi) is 6.32. The monoisotopic (exact) mass is 351 g/mol. The summed E-state index contributed by atoms with van der Waals surface area (Å²) in [6, 6.07) is 14.8. The summed E-state index contributed by atoms with van der Waals surface area (Å²) in [5, 5.41) is 2.98. The first-order chi connectivity index (χ1) is 12.6. The average molecular weight is 351 g/mol. The van der Waals surface area contributed by atoms with Crippen molar-refractivity contribution in [3.05, 3.63) is 64.7 Å². The van der Waals surface area contributed by atoms with Gasteiger partial charge in [-0.05, 0) is 81.2 Å². The molecule has 0 saturated carbocycles. The van der Waals surface area contributed by atoms with Crippen molar-refractivity contribution in [2.45, 2.75) is 58.5 Å². The molecule has 0 aromatic heterocycles. The van der Waals surface area contributed by atoms with Gasteiger partial charge in [-0.3, -0.25) is 4.79 Å². The van der Waals surface area contributed by atoms with Crippen LogP contribution in [0.5, 0.6) is 5.75 Å². The summed E-state index contributed by atoms with van der Waals surface area (Å²) in [7, 11) is 0. The standard InChI is InChI=1S/C23H29NO2/c1-17-9-11-19(12-10-17)6-5-15-24-23(25)18(2)26-22-14-13-20-7-3-4-8-21(20)16-22/h9-14,16,18H,3-8,15H2,1-2H3,(H,24,25)/t18-/m0/s1. The van der Waals surface area contributed by atoms with E-state index in [1.807, 2.05) is 13.0 Å². The highest BCUT2D eigenvalue weighted by molar-refractivity contribution is 5.80. The van der Waals surface area contributed by atoms with Crippen molar-refractivity contribution in [3.63, 3.8) is 0 Å². The van der Waals surface area contributed by atoms with Crippen molar-refractivity contribution < 1.29 is 9.53 Å². The number of hydrogen-bond donors (Lipinski definition) is 1. The van der Waals surface area contributed by atoms with E-state index in [1.165, 1.54) is 35.1 Å². The Labute approximate surface area is 156 Å². The fraction of sp³-hybridized carbons (Fsp3) is 0.435. The lowest BCUT2D eigenvalue weighted by atomic mass is 9.92. The number of rotatable bonds is 7. The Hall–Kier alpha value is -2.29. The minimum atomic E-state index is -0.476. The van der Waals surface area contributed by atoms with Gasteiger partial charge >= 0.3 is 0 Å². The SMILES string of the molecule is Cc1ccc(CCCNC(=O)[C@H](C)Oc2ccc3c(c2)CCCC3)cc1. The summed E-state index contributed by atoms with van der Waals surface area (Å²) in [6.07, 6.45) is 6.22. The lowest BCUT2D eigenvalue weighted by molar-refractivity contribution is -0.127. The zero-order valence-corrected chi connectivity index (χ0v) is 15.9. The third kappa shape index (κ3) is 5.10. The lowest BCUT2D eigenvalue weighted by Crippen LogP contribution is -2.37. The molecule has 3 nitrogen and oxygen atoms in total. The molecule has 0 fully saturated rings. The maximum absolute atomic E-state index is 12.3. The highest BCUT2D eigenvalue weighted by Gasteiger charge is 2.16. The zero-order chi connectivity index (χ0) is 18.4. The van der Waals surface area contributed by atoms with E-state index in [0.717, 1.165) is 31.4 Å². The van der Waals surface area contributed by atoms with Crippen LogP contribution in [0.15, 0.2) is 42.5 Å². The summed E-state index contributed by atoms with van der Waals surface area (Å²) in [6.45, 7) is 4.58. The molecule has 0 saturated heterocycles. The van der Waals surface area contributed by atoms with Crippen molar-refractivity contribution in [1.29, 1.82) is 0 Å². The van der Waals surface area contributed by atoms with Gasteiger partial charge < -0.3 is 10.1 Å². The predicted octanol–water partition coefficient (Wildman–Crippen LogP) is 4.39. The molecule has 26 heavy (non-hydrogen) atoms. The number of aryl methyl sites for hydroxylation is 4. The van der Waals surface area contributed by atoms with Crippen LogP contribution in [-0.2, 0) is 24.1 Å². The van der Waals surface area contributed by atoms with Gasteiger partial charge in [0.1, 0.15) is 5.75 Å². The minimum absolute atomic E-state index is 0.0494. The largest absolute Gasteiger partial charge is 0.481 e. The molecular formula is C23H29NO2. The van der Waals surface area contributed by atoms with Gasteiger partial charge in [0.25, 0.3) is 5.91 Å². The third-order valence-corrected chi connectivity index (χ3v) is 5.06. The average Bonchev–Trinajstić information content (AvgIpc) is 2.66. The second-order valence-electron chi connectivity index (χ2n) is 7.28. The summed E-state index contributed by atoms with van der Waals surface area (Å²) in [4.78, 5) is 12.3. The van der Waals surface area contributed by atoms with Crippen LogP contribution in [0.1, 0.15) is 48.4 Å². The number of benzene rings is 2. The summed E-state index contributed by atoms with van der Waals surface area (Å²) >= 11 is 0. The van der Waals surface area contributed by atoms with E-state index in [1.54, 1.807) is 0 Å². The summed E-state index contributed by atoms with van der Waals surface area (Å²) in [5.74, 6) is 0.750. The first kappa shape index (κ1) is 18.5. The molecular weight excluding hydrogens is 322 g/mol. The molecule has 138 valence electrons. The Morgan fingerprint density at radius 3 is 2.58 bits per heavy atom. The second kappa shape index (κ2) is 8.88. The van der Waals surface area contributed by atoms with Gasteiger partial charge in [-0.1, -0.05) is 35.9 Å². The number of carbonyl (C=O) groups excluding carboxylic acids is 1. The normalized spacial score (nSPS) is 14.4. The van der Waals surface area contributed by atoms with Crippen molar-refractivity contribution in [1.82, 2.24) is 5.32 Å². The molecule has 0 aliphatic heterocycles. The van der Waals surface area contributed by atoms with Gasteiger partial charge in [-0.15, -0.1) is 0 Å². The van der Waals surface area contributed by atoms with Crippen LogP contribution in [0.3, 0.4) is 0 Å². The van der Waals surface area contributed by atoms with Crippen LogP contribution in [0, 0.1) is 6.92 Å². The molecule has 3 heteroatoms. The fourth-order valence-corrected chi connectivity index (χ4v) is 3.44. The van der Waals surface area contributed by atoms with E-state index in [-0.39, 0.29) is 5.91 Å². The molecule has 2 aromatic rings.